The van der Waals surface area contributed by atoms with E-state index in [1.54, 1.807) is 14.2 Å². The predicted molar refractivity (Wildman–Crippen MR) is 122 cm³/mol. The van der Waals surface area contributed by atoms with Gasteiger partial charge < -0.3 is 20.1 Å². The second kappa shape index (κ2) is 10.5. The lowest BCUT2D eigenvalue weighted by Crippen LogP contribution is -2.43. The normalized spacial score (nSPS) is 21.8. The van der Waals surface area contributed by atoms with Crippen LogP contribution < -0.4 is 20.1 Å². The quantitative estimate of drug-likeness (QED) is 0.339. The number of benzene rings is 1. The lowest BCUT2D eigenvalue weighted by molar-refractivity contribution is 0.207. The van der Waals surface area contributed by atoms with E-state index < -0.39 is 9.84 Å². The predicted octanol–water partition coefficient (Wildman–Crippen LogP) is 2.49. The molecular formula is C19H30IN3O4S. The standard InChI is InChI=1S/C19H29N3O4S.HI/c1-20-19(22-15-9-10-27(23,24)13-15)21-12-14-7-8-17(25-2)11-18(14)26-16-5-3-4-6-16;/h7-8,11,15-16H,3-6,9-10,12-13H2,1-2H3,(H2,20,21,22);1H. The smallest absolute Gasteiger partial charge is 0.191 e. The van der Waals surface area contributed by atoms with Gasteiger partial charge in [-0.25, -0.2) is 8.42 Å². The van der Waals surface area contributed by atoms with Crippen molar-refractivity contribution in [1.82, 2.24) is 10.6 Å². The number of halogens is 1. The molecule has 1 aromatic carbocycles. The molecule has 2 N–H and O–H groups in total. The minimum absolute atomic E-state index is 0. The fourth-order valence-corrected chi connectivity index (χ4v) is 5.25. The summed E-state index contributed by atoms with van der Waals surface area (Å²) in [6, 6.07) is 5.74. The van der Waals surface area contributed by atoms with Gasteiger partial charge in [0.15, 0.2) is 15.8 Å². The zero-order valence-electron chi connectivity index (χ0n) is 16.4. The summed E-state index contributed by atoms with van der Waals surface area (Å²) in [5.41, 5.74) is 1.02. The zero-order chi connectivity index (χ0) is 19.3. The fourth-order valence-electron chi connectivity index (χ4n) is 3.58. The molecule has 1 saturated carbocycles. The molecule has 0 bridgehead atoms. The third kappa shape index (κ3) is 6.40. The minimum Gasteiger partial charge on any atom is -0.497 e. The Labute approximate surface area is 184 Å². The van der Waals surface area contributed by atoms with Crippen molar-refractivity contribution in [1.29, 1.82) is 0 Å². The van der Waals surface area contributed by atoms with Crippen LogP contribution in [0.4, 0.5) is 0 Å². The molecule has 0 aromatic heterocycles. The van der Waals surface area contributed by atoms with E-state index in [-0.39, 0.29) is 47.6 Å². The number of hydrogen-bond acceptors (Lipinski definition) is 5. The van der Waals surface area contributed by atoms with Crippen molar-refractivity contribution in [3.8, 4) is 11.5 Å². The Kier molecular flexibility index (Phi) is 8.66. The number of aliphatic imine (C=N–C) groups is 1. The third-order valence-corrected chi connectivity index (χ3v) is 6.88. The Hall–Kier alpha value is -1.23. The molecule has 9 heteroatoms. The molecule has 28 heavy (non-hydrogen) atoms. The zero-order valence-corrected chi connectivity index (χ0v) is 19.6. The van der Waals surface area contributed by atoms with E-state index in [4.69, 9.17) is 9.47 Å². The maximum absolute atomic E-state index is 11.6. The van der Waals surface area contributed by atoms with Crippen molar-refractivity contribution in [2.45, 2.75) is 50.8 Å². The summed E-state index contributed by atoms with van der Waals surface area (Å²) >= 11 is 0. The largest absolute Gasteiger partial charge is 0.497 e. The van der Waals surface area contributed by atoms with E-state index in [2.05, 4.69) is 15.6 Å². The molecule has 158 valence electrons. The van der Waals surface area contributed by atoms with Crippen molar-refractivity contribution < 1.29 is 17.9 Å². The van der Waals surface area contributed by atoms with Crippen LogP contribution in [-0.2, 0) is 16.4 Å². The minimum atomic E-state index is -2.92. The van der Waals surface area contributed by atoms with Crippen molar-refractivity contribution in [3.05, 3.63) is 23.8 Å². The molecule has 1 unspecified atom stereocenters. The topological polar surface area (TPSA) is 89.0 Å². The van der Waals surface area contributed by atoms with Crippen LogP contribution in [0.15, 0.2) is 23.2 Å². The summed E-state index contributed by atoms with van der Waals surface area (Å²) in [7, 11) is 0.407. The number of guanidine groups is 1. The molecule has 0 amide bonds. The number of nitrogens with zero attached hydrogens (tertiary/aromatic N) is 1. The Morgan fingerprint density at radius 2 is 2.00 bits per heavy atom. The van der Waals surface area contributed by atoms with Gasteiger partial charge in [-0.05, 0) is 44.2 Å². The molecule has 0 spiro atoms. The van der Waals surface area contributed by atoms with E-state index in [1.165, 1.54) is 12.8 Å². The lowest BCUT2D eigenvalue weighted by atomic mass is 10.1. The van der Waals surface area contributed by atoms with E-state index >= 15 is 0 Å². The summed E-state index contributed by atoms with van der Waals surface area (Å²) in [6.07, 6.45) is 5.47. The van der Waals surface area contributed by atoms with E-state index in [0.29, 0.717) is 18.9 Å². The molecule has 2 fully saturated rings. The molecule has 1 aliphatic carbocycles. The van der Waals surface area contributed by atoms with Gasteiger partial charge in [0, 0.05) is 31.3 Å². The van der Waals surface area contributed by atoms with Crippen LogP contribution in [-0.4, -0.2) is 52.2 Å². The van der Waals surface area contributed by atoms with Gasteiger partial charge in [0.1, 0.15) is 11.5 Å². The van der Waals surface area contributed by atoms with E-state index in [9.17, 15) is 8.42 Å². The second-order valence-electron chi connectivity index (χ2n) is 7.17. The van der Waals surface area contributed by atoms with Gasteiger partial charge in [-0.2, -0.15) is 0 Å². The molecule has 1 saturated heterocycles. The molecule has 1 atom stereocenters. The molecule has 0 radical (unpaired) electrons. The Morgan fingerprint density at radius 1 is 1.25 bits per heavy atom. The molecule has 2 aliphatic rings. The summed E-state index contributed by atoms with van der Waals surface area (Å²) in [4.78, 5) is 4.22. The molecule has 1 heterocycles. The highest BCUT2D eigenvalue weighted by molar-refractivity contribution is 14.0. The monoisotopic (exact) mass is 523 g/mol. The second-order valence-corrected chi connectivity index (χ2v) is 9.40. The Morgan fingerprint density at radius 3 is 2.61 bits per heavy atom. The first kappa shape index (κ1) is 23.1. The average molecular weight is 523 g/mol. The van der Waals surface area contributed by atoms with Gasteiger partial charge >= 0.3 is 0 Å². The summed E-state index contributed by atoms with van der Waals surface area (Å²) in [5, 5.41) is 6.47. The summed E-state index contributed by atoms with van der Waals surface area (Å²) in [6.45, 7) is 0.533. The van der Waals surface area contributed by atoms with E-state index in [0.717, 1.165) is 29.9 Å². The number of methoxy groups -OCH3 is 1. The van der Waals surface area contributed by atoms with Gasteiger partial charge in [0.25, 0.3) is 0 Å². The highest BCUT2D eigenvalue weighted by Crippen LogP contribution is 2.30. The van der Waals surface area contributed by atoms with Crippen LogP contribution >= 0.6 is 24.0 Å². The first-order valence-corrected chi connectivity index (χ1v) is 11.3. The van der Waals surface area contributed by atoms with Gasteiger partial charge in [0.2, 0.25) is 0 Å². The van der Waals surface area contributed by atoms with Crippen LogP contribution in [0.2, 0.25) is 0 Å². The molecule has 3 rings (SSSR count). The Bertz CT molecular complexity index is 779. The molecule has 1 aliphatic heterocycles. The molecule has 7 nitrogen and oxygen atoms in total. The van der Waals surface area contributed by atoms with Crippen LogP contribution in [0.3, 0.4) is 0 Å². The third-order valence-electron chi connectivity index (χ3n) is 5.11. The highest BCUT2D eigenvalue weighted by atomic mass is 127. The number of ether oxygens (including phenoxy) is 2. The summed E-state index contributed by atoms with van der Waals surface area (Å²) < 4.78 is 34.8. The van der Waals surface area contributed by atoms with Crippen molar-refractivity contribution >= 4 is 39.8 Å². The van der Waals surface area contributed by atoms with Gasteiger partial charge in [-0.15, -0.1) is 24.0 Å². The Balaban J connectivity index is 0.00000280. The maximum Gasteiger partial charge on any atom is 0.191 e. The highest BCUT2D eigenvalue weighted by Gasteiger charge is 2.28. The maximum atomic E-state index is 11.6. The van der Waals surface area contributed by atoms with Crippen molar-refractivity contribution in [2.75, 3.05) is 25.7 Å². The fraction of sp³-hybridized carbons (Fsp3) is 0.632. The van der Waals surface area contributed by atoms with Crippen LogP contribution in [0, 0.1) is 0 Å². The first-order chi connectivity index (χ1) is 13.0. The SMILES string of the molecule is CN=C(NCc1ccc(OC)cc1OC1CCCC1)NC1CCS(=O)(=O)C1.I. The van der Waals surface area contributed by atoms with Crippen LogP contribution in [0.5, 0.6) is 11.5 Å². The van der Waals surface area contributed by atoms with E-state index in [1.807, 2.05) is 18.2 Å². The van der Waals surface area contributed by atoms with Crippen molar-refractivity contribution in [2.24, 2.45) is 4.99 Å². The van der Waals surface area contributed by atoms with Gasteiger partial charge in [-0.1, -0.05) is 0 Å². The molecular weight excluding hydrogens is 493 g/mol. The van der Waals surface area contributed by atoms with Crippen LogP contribution in [0.25, 0.3) is 0 Å². The van der Waals surface area contributed by atoms with Crippen molar-refractivity contribution in [3.63, 3.8) is 0 Å². The van der Waals surface area contributed by atoms with Gasteiger partial charge in [-0.3, -0.25) is 4.99 Å². The van der Waals surface area contributed by atoms with Crippen LogP contribution in [0.1, 0.15) is 37.7 Å². The van der Waals surface area contributed by atoms with Gasteiger partial charge in [0.05, 0.1) is 24.7 Å². The number of sulfone groups is 1. The number of rotatable bonds is 6. The molecule has 1 aromatic rings. The lowest BCUT2D eigenvalue weighted by Gasteiger charge is -2.20. The summed E-state index contributed by atoms with van der Waals surface area (Å²) in [5.74, 6) is 2.59. The average Bonchev–Trinajstić information content (AvgIpc) is 3.28. The number of hydrogen-bond donors (Lipinski definition) is 2. The first-order valence-electron chi connectivity index (χ1n) is 9.50. The number of nitrogens with one attached hydrogen (secondary N) is 2.